The van der Waals surface area contributed by atoms with Crippen molar-refractivity contribution in [3.8, 4) is 0 Å². The number of hydrogen-bond donors (Lipinski definition) is 3. The summed E-state index contributed by atoms with van der Waals surface area (Å²) in [6.45, 7) is 2.28. The van der Waals surface area contributed by atoms with Gasteiger partial charge in [-0.2, -0.15) is 0 Å². The van der Waals surface area contributed by atoms with E-state index in [2.05, 4.69) is 5.32 Å². The molecule has 0 radical (unpaired) electrons. The van der Waals surface area contributed by atoms with Gasteiger partial charge in [0, 0.05) is 19.0 Å². The smallest absolute Gasteiger partial charge is 0.220 e. The second-order valence-corrected chi connectivity index (χ2v) is 5.29. The van der Waals surface area contributed by atoms with E-state index in [0.717, 1.165) is 12.8 Å². The molecule has 1 rings (SSSR count). The molecule has 2 atom stereocenters. The van der Waals surface area contributed by atoms with E-state index in [9.17, 15) is 9.90 Å². The number of carbonyl (C=O) groups is 1. The molecule has 0 heterocycles. The van der Waals surface area contributed by atoms with Crippen LogP contribution < -0.4 is 11.1 Å². The zero-order valence-electron chi connectivity index (χ0n) is 11.2. The Morgan fingerprint density at radius 3 is 2.56 bits per heavy atom. The Morgan fingerprint density at radius 2 is 2.00 bits per heavy atom. The summed E-state index contributed by atoms with van der Waals surface area (Å²) < 4.78 is 0. The van der Waals surface area contributed by atoms with Gasteiger partial charge in [-0.05, 0) is 32.1 Å². The molecule has 0 spiro atoms. The molecule has 0 aromatic rings. The van der Waals surface area contributed by atoms with Gasteiger partial charge in [0.05, 0.1) is 6.10 Å². The summed E-state index contributed by atoms with van der Waals surface area (Å²) in [5.74, 6) is 0.370. The van der Waals surface area contributed by atoms with E-state index in [-0.39, 0.29) is 30.5 Å². The molecule has 18 heavy (non-hydrogen) atoms. The van der Waals surface area contributed by atoms with Gasteiger partial charge in [0.15, 0.2) is 0 Å². The number of aliphatic hydroxyl groups excluding tert-OH is 1. The zero-order chi connectivity index (χ0) is 12.7. The number of rotatable bonds is 6. The fraction of sp³-hybridized carbons (Fsp3) is 0.923. The average molecular weight is 279 g/mol. The molecule has 1 aliphatic rings. The Morgan fingerprint density at radius 1 is 1.39 bits per heavy atom. The molecule has 0 aliphatic heterocycles. The lowest BCUT2D eigenvalue weighted by Crippen LogP contribution is -2.37. The van der Waals surface area contributed by atoms with Crippen molar-refractivity contribution in [1.29, 1.82) is 0 Å². The number of aliphatic hydroxyl groups is 1. The van der Waals surface area contributed by atoms with Crippen LogP contribution >= 0.6 is 12.4 Å². The molecule has 1 aliphatic carbocycles. The molecule has 2 unspecified atom stereocenters. The summed E-state index contributed by atoms with van der Waals surface area (Å²) in [5, 5.41) is 12.8. The van der Waals surface area contributed by atoms with Crippen LogP contribution in [0.5, 0.6) is 0 Å². The standard InChI is InChI=1S/C13H26N2O2.ClH/c1-10(14)7-8-13(17)15-9-12(16)11-5-3-2-4-6-11;/h10-12,16H,2-9,14H2,1H3,(H,15,17);1H. The van der Waals surface area contributed by atoms with E-state index in [1.807, 2.05) is 6.92 Å². The summed E-state index contributed by atoms with van der Waals surface area (Å²) in [5.41, 5.74) is 5.58. The maximum atomic E-state index is 11.5. The van der Waals surface area contributed by atoms with Crippen molar-refractivity contribution in [2.75, 3.05) is 6.54 Å². The second kappa shape index (κ2) is 9.59. The van der Waals surface area contributed by atoms with Gasteiger partial charge < -0.3 is 16.2 Å². The maximum Gasteiger partial charge on any atom is 0.220 e. The van der Waals surface area contributed by atoms with E-state index < -0.39 is 0 Å². The molecule has 1 amide bonds. The van der Waals surface area contributed by atoms with Gasteiger partial charge in [0.2, 0.25) is 5.91 Å². The van der Waals surface area contributed by atoms with Crippen LogP contribution in [0.3, 0.4) is 0 Å². The van der Waals surface area contributed by atoms with E-state index >= 15 is 0 Å². The number of amides is 1. The number of hydrogen-bond acceptors (Lipinski definition) is 3. The van der Waals surface area contributed by atoms with Crippen LogP contribution in [0.25, 0.3) is 0 Å². The Kier molecular flexibility index (Phi) is 9.42. The van der Waals surface area contributed by atoms with E-state index in [1.54, 1.807) is 0 Å². The highest BCUT2D eigenvalue weighted by Crippen LogP contribution is 2.26. The molecular weight excluding hydrogens is 252 g/mol. The highest BCUT2D eigenvalue weighted by Gasteiger charge is 2.21. The predicted octanol–water partition coefficient (Wildman–Crippen LogP) is 1.59. The van der Waals surface area contributed by atoms with Gasteiger partial charge in [-0.1, -0.05) is 19.3 Å². The molecule has 0 aromatic heterocycles. The third kappa shape index (κ3) is 7.19. The zero-order valence-corrected chi connectivity index (χ0v) is 12.0. The van der Waals surface area contributed by atoms with Gasteiger partial charge in [-0.3, -0.25) is 4.79 Å². The summed E-state index contributed by atoms with van der Waals surface area (Å²) >= 11 is 0. The summed E-state index contributed by atoms with van der Waals surface area (Å²) in [7, 11) is 0. The molecule has 0 bridgehead atoms. The van der Waals surface area contributed by atoms with Crippen LogP contribution in [-0.4, -0.2) is 29.7 Å². The van der Waals surface area contributed by atoms with Crippen LogP contribution in [0.1, 0.15) is 51.9 Å². The molecule has 0 saturated heterocycles. The van der Waals surface area contributed by atoms with Crippen LogP contribution in [0.4, 0.5) is 0 Å². The number of nitrogens with one attached hydrogen (secondary N) is 1. The lowest BCUT2D eigenvalue weighted by Gasteiger charge is -2.26. The van der Waals surface area contributed by atoms with E-state index in [4.69, 9.17) is 5.73 Å². The third-order valence-electron chi connectivity index (χ3n) is 3.53. The lowest BCUT2D eigenvalue weighted by atomic mass is 9.85. The molecule has 4 nitrogen and oxygen atoms in total. The van der Waals surface area contributed by atoms with Crippen molar-refractivity contribution in [1.82, 2.24) is 5.32 Å². The minimum Gasteiger partial charge on any atom is -0.391 e. The summed E-state index contributed by atoms with van der Waals surface area (Å²) in [4.78, 5) is 11.5. The Labute approximate surface area is 116 Å². The number of halogens is 1. The first kappa shape index (κ1) is 17.7. The fourth-order valence-corrected chi connectivity index (χ4v) is 2.35. The first-order chi connectivity index (χ1) is 8.09. The van der Waals surface area contributed by atoms with Crippen molar-refractivity contribution < 1.29 is 9.90 Å². The molecule has 5 heteroatoms. The topological polar surface area (TPSA) is 75.4 Å². The van der Waals surface area contributed by atoms with Crippen LogP contribution in [0.15, 0.2) is 0 Å². The minimum absolute atomic E-state index is 0. The molecule has 0 aromatic carbocycles. The second-order valence-electron chi connectivity index (χ2n) is 5.29. The number of carbonyl (C=O) groups excluding carboxylic acids is 1. The SMILES string of the molecule is CC(N)CCC(=O)NCC(O)C1CCCCC1.Cl. The average Bonchev–Trinajstić information content (AvgIpc) is 2.34. The van der Waals surface area contributed by atoms with Crippen molar-refractivity contribution in [2.24, 2.45) is 11.7 Å². The van der Waals surface area contributed by atoms with Crippen molar-refractivity contribution in [2.45, 2.75) is 64.0 Å². The lowest BCUT2D eigenvalue weighted by molar-refractivity contribution is -0.121. The van der Waals surface area contributed by atoms with Crippen LogP contribution in [0, 0.1) is 5.92 Å². The summed E-state index contributed by atoms with van der Waals surface area (Å²) in [6.07, 6.45) is 6.66. The Bertz CT molecular complexity index is 231. The maximum absolute atomic E-state index is 11.5. The Hall–Kier alpha value is -0.320. The van der Waals surface area contributed by atoms with Crippen LogP contribution in [-0.2, 0) is 4.79 Å². The normalized spacial score (nSPS) is 19.7. The minimum atomic E-state index is -0.380. The van der Waals surface area contributed by atoms with Crippen LogP contribution in [0.2, 0.25) is 0 Å². The van der Waals surface area contributed by atoms with Crippen molar-refractivity contribution in [3.05, 3.63) is 0 Å². The Balaban J connectivity index is 0.00000289. The number of nitrogens with two attached hydrogens (primary N) is 1. The van der Waals surface area contributed by atoms with Gasteiger partial charge in [-0.15, -0.1) is 12.4 Å². The highest BCUT2D eigenvalue weighted by molar-refractivity contribution is 5.85. The van der Waals surface area contributed by atoms with Crippen molar-refractivity contribution in [3.63, 3.8) is 0 Å². The first-order valence-corrected chi connectivity index (χ1v) is 6.80. The van der Waals surface area contributed by atoms with E-state index in [1.165, 1.54) is 19.3 Å². The monoisotopic (exact) mass is 278 g/mol. The molecule has 4 N–H and O–H groups in total. The summed E-state index contributed by atoms with van der Waals surface area (Å²) in [6, 6.07) is 0.0593. The molecule has 1 fully saturated rings. The molecule has 108 valence electrons. The van der Waals surface area contributed by atoms with Gasteiger partial charge in [0.1, 0.15) is 0 Å². The van der Waals surface area contributed by atoms with E-state index in [0.29, 0.717) is 25.3 Å². The van der Waals surface area contributed by atoms with Gasteiger partial charge >= 0.3 is 0 Å². The largest absolute Gasteiger partial charge is 0.391 e. The third-order valence-corrected chi connectivity index (χ3v) is 3.53. The first-order valence-electron chi connectivity index (χ1n) is 6.80. The highest BCUT2D eigenvalue weighted by atomic mass is 35.5. The molecule has 1 saturated carbocycles. The molecular formula is C13H27ClN2O2. The quantitative estimate of drug-likeness (QED) is 0.691. The van der Waals surface area contributed by atoms with Crippen molar-refractivity contribution >= 4 is 18.3 Å². The predicted molar refractivity (Wildman–Crippen MR) is 75.7 cm³/mol. The van der Waals surface area contributed by atoms with Gasteiger partial charge in [-0.25, -0.2) is 0 Å². The fourth-order valence-electron chi connectivity index (χ4n) is 2.35. The van der Waals surface area contributed by atoms with Gasteiger partial charge in [0.25, 0.3) is 0 Å².